The van der Waals surface area contributed by atoms with Crippen LogP contribution in [0.15, 0.2) is 34.2 Å². The summed E-state index contributed by atoms with van der Waals surface area (Å²) in [4.78, 5) is 28.2. The molecule has 9 heteroatoms. The highest BCUT2D eigenvalue weighted by molar-refractivity contribution is 7.99. The summed E-state index contributed by atoms with van der Waals surface area (Å²) in [5, 5.41) is 12.6. The summed E-state index contributed by atoms with van der Waals surface area (Å²) < 4.78 is 12.0. The fourth-order valence-electron chi connectivity index (χ4n) is 2.42. The van der Waals surface area contributed by atoms with Gasteiger partial charge in [-0.25, -0.2) is 0 Å². The molecule has 0 radical (unpaired) electrons. The van der Waals surface area contributed by atoms with E-state index in [1.807, 2.05) is 13.8 Å². The van der Waals surface area contributed by atoms with Gasteiger partial charge in [-0.15, -0.1) is 0 Å². The minimum absolute atomic E-state index is 0.0441. The molecule has 8 nitrogen and oxygen atoms in total. The van der Waals surface area contributed by atoms with Crippen LogP contribution in [-0.4, -0.2) is 33.1 Å². The lowest BCUT2D eigenvalue weighted by atomic mass is 10.2. The number of rotatable bonds is 6. The normalized spacial score (nSPS) is 12.4. The van der Waals surface area contributed by atoms with Crippen LogP contribution >= 0.6 is 11.8 Å². The number of aromatic hydroxyl groups is 1. The maximum atomic E-state index is 12.2. The van der Waals surface area contributed by atoms with Crippen molar-refractivity contribution in [1.29, 1.82) is 0 Å². The van der Waals surface area contributed by atoms with Gasteiger partial charge in [0.1, 0.15) is 0 Å². The SMILES string of the molecule is CC(C)Cn1c(SCC(=O)Nc2ccc3c(c2)OCO3)nc(O)cc1=O. The first-order valence-electron chi connectivity index (χ1n) is 8.05. The molecule has 0 unspecified atom stereocenters. The molecule has 1 aliphatic rings. The van der Waals surface area contributed by atoms with E-state index in [1.54, 1.807) is 18.2 Å². The van der Waals surface area contributed by atoms with Crippen LogP contribution in [-0.2, 0) is 11.3 Å². The average Bonchev–Trinajstić information content (AvgIpc) is 3.03. The van der Waals surface area contributed by atoms with E-state index in [4.69, 9.17) is 9.47 Å². The number of nitrogens with zero attached hydrogens (tertiary/aromatic N) is 2. The van der Waals surface area contributed by atoms with Gasteiger partial charge in [0.05, 0.1) is 11.8 Å². The van der Waals surface area contributed by atoms with Crippen LogP contribution in [0.2, 0.25) is 0 Å². The quantitative estimate of drug-likeness (QED) is 0.587. The van der Waals surface area contributed by atoms with Gasteiger partial charge >= 0.3 is 0 Å². The van der Waals surface area contributed by atoms with Crippen LogP contribution in [0.4, 0.5) is 5.69 Å². The predicted octanol–water partition coefficient (Wildman–Crippen LogP) is 2.06. The molecule has 0 spiro atoms. The van der Waals surface area contributed by atoms with Crippen LogP contribution in [0.1, 0.15) is 13.8 Å². The molecule has 1 aromatic carbocycles. The van der Waals surface area contributed by atoms with Crippen molar-refractivity contribution in [1.82, 2.24) is 9.55 Å². The van der Waals surface area contributed by atoms with Crippen molar-refractivity contribution in [2.45, 2.75) is 25.5 Å². The lowest BCUT2D eigenvalue weighted by Gasteiger charge is -2.13. The van der Waals surface area contributed by atoms with Crippen molar-refractivity contribution < 1.29 is 19.4 Å². The van der Waals surface area contributed by atoms with E-state index in [-0.39, 0.29) is 35.8 Å². The largest absolute Gasteiger partial charge is 0.493 e. The van der Waals surface area contributed by atoms with Crippen molar-refractivity contribution in [3.8, 4) is 17.4 Å². The Balaban J connectivity index is 1.67. The molecule has 26 heavy (non-hydrogen) atoms. The highest BCUT2D eigenvalue weighted by Gasteiger charge is 2.15. The zero-order valence-electron chi connectivity index (χ0n) is 14.4. The summed E-state index contributed by atoms with van der Waals surface area (Å²) >= 11 is 1.09. The van der Waals surface area contributed by atoms with Crippen LogP contribution in [0.3, 0.4) is 0 Å². The number of thioether (sulfide) groups is 1. The van der Waals surface area contributed by atoms with E-state index >= 15 is 0 Å². The topological polar surface area (TPSA) is 103 Å². The molecule has 0 bridgehead atoms. The number of amides is 1. The number of benzene rings is 1. The van der Waals surface area contributed by atoms with E-state index in [0.717, 1.165) is 17.8 Å². The molecule has 1 aliphatic heterocycles. The Labute approximate surface area is 154 Å². The lowest BCUT2D eigenvalue weighted by Crippen LogP contribution is -2.25. The Morgan fingerprint density at radius 1 is 1.35 bits per heavy atom. The standard InChI is InChI=1S/C17H19N3O5S/c1-10(2)7-20-16(23)6-14(21)19-17(20)26-8-15(22)18-11-3-4-12-13(5-11)25-9-24-12/h3-6,10,21H,7-9H2,1-2H3,(H,18,22). The summed E-state index contributed by atoms with van der Waals surface area (Å²) in [5.74, 6) is 0.870. The zero-order chi connectivity index (χ0) is 18.7. The Kier molecular flexibility index (Phi) is 5.36. The Morgan fingerprint density at radius 3 is 2.88 bits per heavy atom. The molecular weight excluding hydrogens is 358 g/mol. The summed E-state index contributed by atoms with van der Waals surface area (Å²) in [6.07, 6.45) is 0. The van der Waals surface area contributed by atoms with Crippen molar-refractivity contribution in [3.05, 3.63) is 34.6 Å². The second-order valence-corrected chi connectivity index (χ2v) is 7.09. The first kappa shape index (κ1) is 18.1. The number of carbonyl (C=O) groups excluding carboxylic acids is 1. The van der Waals surface area contributed by atoms with Crippen molar-refractivity contribution in [3.63, 3.8) is 0 Å². The number of anilines is 1. The van der Waals surface area contributed by atoms with Crippen LogP contribution in [0, 0.1) is 5.92 Å². The Hall–Kier alpha value is -2.68. The van der Waals surface area contributed by atoms with Gasteiger partial charge in [0.2, 0.25) is 18.6 Å². The number of hydrogen-bond donors (Lipinski definition) is 2. The number of nitrogens with one attached hydrogen (secondary N) is 1. The van der Waals surface area contributed by atoms with Gasteiger partial charge in [-0.3, -0.25) is 14.2 Å². The van der Waals surface area contributed by atoms with Crippen LogP contribution in [0.25, 0.3) is 0 Å². The molecule has 0 atom stereocenters. The molecule has 0 saturated heterocycles. The van der Waals surface area contributed by atoms with E-state index in [1.165, 1.54) is 4.57 Å². The molecule has 0 saturated carbocycles. The monoisotopic (exact) mass is 377 g/mol. The smallest absolute Gasteiger partial charge is 0.257 e. The van der Waals surface area contributed by atoms with Gasteiger partial charge in [0.15, 0.2) is 16.7 Å². The zero-order valence-corrected chi connectivity index (χ0v) is 15.2. The Bertz CT molecular complexity index is 881. The summed E-state index contributed by atoms with van der Waals surface area (Å²) in [6, 6.07) is 6.20. The minimum atomic E-state index is -0.353. The number of carbonyl (C=O) groups is 1. The van der Waals surface area contributed by atoms with Crippen LogP contribution < -0.4 is 20.3 Å². The molecule has 2 N–H and O–H groups in total. The highest BCUT2D eigenvalue weighted by atomic mass is 32.2. The highest BCUT2D eigenvalue weighted by Crippen LogP contribution is 2.34. The number of aromatic nitrogens is 2. The summed E-state index contributed by atoms with van der Waals surface area (Å²) in [7, 11) is 0. The first-order chi connectivity index (χ1) is 12.4. The summed E-state index contributed by atoms with van der Waals surface area (Å²) in [6.45, 7) is 4.57. The van der Waals surface area contributed by atoms with Gasteiger partial charge in [-0.1, -0.05) is 25.6 Å². The second-order valence-electron chi connectivity index (χ2n) is 6.14. The molecule has 2 aromatic rings. The van der Waals surface area contributed by atoms with Crippen molar-refractivity contribution >= 4 is 23.4 Å². The number of fused-ring (bicyclic) bond motifs is 1. The maximum Gasteiger partial charge on any atom is 0.257 e. The first-order valence-corrected chi connectivity index (χ1v) is 9.04. The predicted molar refractivity (Wildman–Crippen MR) is 96.9 cm³/mol. The minimum Gasteiger partial charge on any atom is -0.493 e. The molecule has 138 valence electrons. The van der Waals surface area contributed by atoms with Gasteiger partial charge in [-0.05, 0) is 18.1 Å². The molecular formula is C17H19N3O5S. The third kappa shape index (κ3) is 4.29. The lowest BCUT2D eigenvalue weighted by molar-refractivity contribution is -0.113. The maximum absolute atomic E-state index is 12.2. The van der Waals surface area contributed by atoms with Crippen LogP contribution in [0.5, 0.6) is 17.4 Å². The number of ether oxygens (including phenoxy) is 2. The summed E-state index contributed by atoms with van der Waals surface area (Å²) in [5.41, 5.74) is 0.244. The molecule has 1 amide bonds. The van der Waals surface area contributed by atoms with Gasteiger partial charge in [-0.2, -0.15) is 4.98 Å². The fraction of sp³-hybridized carbons (Fsp3) is 0.353. The second kappa shape index (κ2) is 7.69. The molecule has 0 aliphatic carbocycles. The van der Waals surface area contributed by atoms with E-state index in [9.17, 15) is 14.7 Å². The third-order valence-electron chi connectivity index (χ3n) is 3.50. The average molecular weight is 377 g/mol. The van der Waals surface area contributed by atoms with Gasteiger partial charge < -0.3 is 19.9 Å². The molecule has 1 aromatic heterocycles. The van der Waals surface area contributed by atoms with E-state index in [2.05, 4.69) is 10.3 Å². The van der Waals surface area contributed by atoms with Gasteiger partial charge in [0, 0.05) is 18.3 Å². The molecule has 0 fully saturated rings. The van der Waals surface area contributed by atoms with Crippen molar-refractivity contribution in [2.24, 2.45) is 5.92 Å². The number of hydrogen-bond acceptors (Lipinski definition) is 7. The van der Waals surface area contributed by atoms with E-state index < -0.39 is 0 Å². The third-order valence-corrected chi connectivity index (χ3v) is 4.47. The molecule has 2 heterocycles. The molecule has 3 rings (SSSR count). The Morgan fingerprint density at radius 2 is 2.12 bits per heavy atom. The fourth-order valence-corrected chi connectivity index (χ4v) is 3.23. The van der Waals surface area contributed by atoms with Crippen molar-refractivity contribution in [2.75, 3.05) is 17.9 Å². The van der Waals surface area contributed by atoms with E-state index in [0.29, 0.717) is 28.9 Å². The van der Waals surface area contributed by atoms with Gasteiger partial charge in [0.25, 0.3) is 5.56 Å².